The van der Waals surface area contributed by atoms with Crippen molar-refractivity contribution >= 4 is 39.4 Å². The van der Waals surface area contributed by atoms with Gasteiger partial charge in [0.15, 0.2) is 5.69 Å². The quantitative estimate of drug-likeness (QED) is 0.471. The summed E-state index contributed by atoms with van der Waals surface area (Å²) in [6.45, 7) is 0. The van der Waals surface area contributed by atoms with Crippen LogP contribution in [0.2, 0.25) is 0 Å². The van der Waals surface area contributed by atoms with Crippen LogP contribution in [0.25, 0.3) is 10.6 Å². The summed E-state index contributed by atoms with van der Waals surface area (Å²) in [6.07, 6.45) is 1.49. The summed E-state index contributed by atoms with van der Waals surface area (Å²) in [5.74, 6) is -0.228. The third-order valence-electron chi connectivity index (χ3n) is 2.92. The summed E-state index contributed by atoms with van der Waals surface area (Å²) in [5, 5.41) is 19.9. The Morgan fingerprint density at radius 3 is 2.78 bits per heavy atom. The number of nitrogens with one attached hydrogen (secondary N) is 2. The number of hydrazone groups is 1. The number of benzene rings is 1. The number of H-pyrrole nitrogens is 1. The molecule has 2 heterocycles. The number of aromatic amines is 1. The first-order valence-electron chi connectivity index (χ1n) is 6.55. The molecule has 1 aromatic carbocycles. The summed E-state index contributed by atoms with van der Waals surface area (Å²) >= 11 is 4.94. The van der Waals surface area contributed by atoms with Crippen LogP contribution in [-0.4, -0.2) is 27.4 Å². The fraction of sp³-hybridized carbons (Fsp3) is 0. The molecule has 2 aromatic heterocycles. The van der Waals surface area contributed by atoms with Crippen molar-refractivity contribution in [3.63, 3.8) is 0 Å². The molecule has 0 aliphatic carbocycles. The minimum absolute atomic E-state index is 0.176. The van der Waals surface area contributed by atoms with E-state index in [9.17, 15) is 9.90 Å². The highest BCUT2D eigenvalue weighted by molar-refractivity contribution is 9.11. The van der Waals surface area contributed by atoms with Crippen molar-refractivity contribution < 1.29 is 9.90 Å². The fourth-order valence-electron chi connectivity index (χ4n) is 1.81. The number of phenolic OH excluding ortho intramolecular Hbond substituents is 1. The molecule has 0 aliphatic rings. The van der Waals surface area contributed by atoms with Crippen molar-refractivity contribution in [2.24, 2.45) is 5.10 Å². The van der Waals surface area contributed by atoms with E-state index in [1.165, 1.54) is 6.21 Å². The van der Waals surface area contributed by atoms with Gasteiger partial charge >= 0.3 is 0 Å². The predicted octanol–water partition coefficient (Wildman–Crippen LogP) is 3.37. The number of hydrogen-bond acceptors (Lipinski definition) is 5. The Morgan fingerprint density at radius 2 is 2.09 bits per heavy atom. The zero-order chi connectivity index (χ0) is 16.2. The predicted molar refractivity (Wildman–Crippen MR) is 92.8 cm³/mol. The number of aromatic nitrogens is 2. The van der Waals surface area contributed by atoms with Crippen LogP contribution in [0.1, 0.15) is 16.1 Å². The van der Waals surface area contributed by atoms with Gasteiger partial charge in [0.2, 0.25) is 0 Å². The molecule has 3 aromatic rings. The topological polar surface area (TPSA) is 90.4 Å². The van der Waals surface area contributed by atoms with Crippen LogP contribution in [0.5, 0.6) is 5.75 Å². The number of rotatable bonds is 4. The highest BCUT2D eigenvalue weighted by Gasteiger charge is 2.11. The molecular formula is C15H11BrN4O2S. The lowest BCUT2D eigenvalue weighted by Gasteiger charge is -1.95. The molecule has 23 heavy (non-hydrogen) atoms. The first-order chi connectivity index (χ1) is 11.1. The van der Waals surface area contributed by atoms with Gasteiger partial charge in [0, 0.05) is 0 Å². The molecule has 0 fully saturated rings. The van der Waals surface area contributed by atoms with Crippen molar-refractivity contribution in [3.05, 3.63) is 57.5 Å². The second-order valence-electron chi connectivity index (χ2n) is 4.56. The Balaban J connectivity index is 1.64. The van der Waals surface area contributed by atoms with Crippen LogP contribution in [0.4, 0.5) is 0 Å². The molecule has 0 aliphatic heterocycles. The maximum Gasteiger partial charge on any atom is 0.291 e. The van der Waals surface area contributed by atoms with Crippen LogP contribution in [0.3, 0.4) is 0 Å². The van der Waals surface area contributed by atoms with Crippen LogP contribution < -0.4 is 5.43 Å². The Kier molecular flexibility index (Phi) is 4.54. The molecule has 0 unspecified atom stereocenters. The van der Waals surface area contributed by atoms with Gasteiger partial charge in [-0.3, -0.25) is 9.89 Å². The summed E-state index contributed by atoms with van der Waals surface area (Å²) in [5.41, 5.74) is 4.20. The average Bonchev–Trinajstić information content (AvgIpc) is 3.18. The van der Waals surface area contributed by atoms with Gasteiger partial charge in [-0.25, -0.2) is 5.43 Å². The molecule has 3 rings (SSSR count). The van der Waals surface area contributed by atoms with Crippen LogP contribution in [0, 0.1) is 0 Å². The molecule has 0 bridgehead atoms. The normalized spacial score (nSPS) is 11.0. The molecule has 0 saturated heterocycles. The van der Waals surface area contributed by atoms with Crippen LogP contribution >= 0.6 is 27.3 Å². The smallest absolute Gasteiger partial charge is 0.291 e. The minimum atomic E-state index is -0.404. The maximum absolute atomic E-state index is 12.0. The largest absolute Gasteiger partial charge is 0.508 e. The van der Waals surface area contributed by atoms with Gasteiger partial charge in [-0.2, -0.15) is 10.2 Å². The first kappa shape index (κ1) is 15.4. The SMILES string of the molecule is O=C(NN=Cc1ccc(O)cc1)c1cc(-c2ccc(Br)s2)[nH]n1. The summed E-state index contributed by atoms with van der Waals surface area (Å²) in [6, 6.07) is 12.0. The molecule has 116 valence electrons. The highest BCUT2D eigenvalue weighted by atomic mass is 79.9. The van der Waals surface area contributed by atoms with E-state index < -0.39 is 5.91 Å². The van der Waals surface area contributed by atoms with E-state index in [1.807, 2.05) is 12.1 Å². The van der Waals surface area contributed by atoms with Crippen molar-refractivity contribution in [1.82, 2.24) is 15.6 Å². The van der Waals surface area contributed by atoms with Gasteiger partial charge < -0.3 is 5.11 Å². The number of phenols is 1. The molecule has 3 N–H and O–H groups in total. The number of nitrogens with zero attached hydrogens (tertiary/aromatic N) is 2. The summed E-state index contributed by atoms with van der Waals surface area (Å²) in [7, 11) is 0. The van der Waals surface area contributed by atoms with E-state index in [4.69, 9.17) is 0 Å². The Bertz CT molecular complexity index is 855. The van der Waals surface area contributed by atoms with Crippen molar-refractivity contribution in [3.8, 4) is 16.3 Å². The number of thiophene rings is 1. The van der Waals surface area contributed by atoms with E-state index >= 15 is 0 Å². The zero-order valence-electron chi connectivity index (χ0n) is 11.7. The summed E-state index contributed by atoms with van der Waals surface area (Å²) < 4.78 is 1.01. The van der Waals surface area contributed by atoms with Crippen LogP contribution in [0.15, 0.2) is 51.4 Å². The molecule has 0 saturated carbocycles. The van der Waals surface area contributed by atoms with Gasteiger partial charge in [0.1, 0.15) is 5.75 Å². The monoisotopic (exact) mass is 390 g/mol. The molecule has 6 nitrogen and oxygen atoms in total. The van der Waals surface area contributed by atoms with Crippen molar-refractivity contribution in [2.45, 2.75) is 0 Å². The second kappa shape index (κ2) is 6.76. The Hall–Kier alpha value is -2.45. The second-order valence-corrected chi connectivity index (χ2v) is 7.02. The first-order valence-corrected chi connectivity index (χ1v) is 8.16. The zero-order valence-corrected chi connectivity index (χ0v) is 14.1. The standard InChI is InChI=1S/C15H11BrN4O2S/c16-14-6-5-13(23-14)11-7-12(19-18-11)15(22)20-17-8-9-1-3-10(21)4-2-9/h1-8,21H,(H,18,19)(H,20,22). The van der Waals surface area contributed by atoms with E-state index in [2.05, 4.69) is 36.7 Å². The van der Waals surface area contributed by atoms with Gasteiger partial charge in [0.05, 0.1) is 20.6 Å². The van der Waals surface area contributed by atoms with E-state index in [1.54, 1.807) is 41.7 Å². The number of halogens is 1. The van der Waals surface area contributed by atoms with E-state index in [-0.39, 0.29) is 11.4 Å². The third-order valence-corrected chi connectivity index (χ3v) is 4.58. The fourth-order valence-corrected chi connectivity index (χ4v) is 3.16. The minimum Gasteiger partial charge on any atom is -0.508 e. The number of amides is 1. The van der Waals surface area contributed by atoms with Gasteiger partial charge in [-0.05, 0) is 64.0 Å². The number of aromatic hydroxyl groups is 1. The molecule has 0 atom stereocenters. The van der Waals surface area contributed by atoms with Gasteiger partial charge in [0.25, 0.3) is 5.91 Å². The highest BCUT2D eigenvalue weighted by Crippen LogP contribution is 2.30. The third kappa shape index (κ3) is 3.85. The average molecular weight is 391 g/mol. The lowest BCUT2D eigenvalue weighted by molar-refractivity contribution is 0.0950. The molecule has 1 amide bonds. The lowest BCUT2D eigenvalue weighted by Crippen LogP contribution is -2.17. The van der Waals surface area contributed by atoms with Crippen LogP contribution in [-0.2, 0) is 0 Å². The summed E-state index contributed by atoms with van der Waals surface area (Å²) in [4.78, 5) is 13.0. The lowest BCUT2D eigenvalue weighted by atomic mass is 10.2. The molecule has 0 radical (unpaired) electrons. The number of carbonyl (C=O) groups is 1. The number of carbonyl (C=O) groups excluding carboxylic acids is 1. The molecular weight excluding hydrogens is 380 g/mol. The number of hydrogen-bond donors (Lipinski definition) is 3. The van der Waals surface area contributed by atoms with E-state index in [0.29, 0.717) is 0 Å². The Labute approximate surface area is 144 Å². The van der Waals surface area contributed by atoms with Gasteiger partial charge in [-0.15, -0.1) is 11.3 Å². The van der Waals surface area contributed by atoms with Gasteiger partial charge in [-0.1, -0.05) is 0 Å². The molecule has 0 spiro atoms. The molecule has 8 heteroatoms. The van der Waals surface area contributed by atoms with E-state index in [0.717, 1.165) is 19.9 Å². The Morgan fingerprint density at radius 1 is 1.30 bits per heavy atom. The maximum atomic E-state index is 12.0. The van der Waals surface area contributed by atoms with Crippen molar-refractivity contribution in [2.75, 3.05) is 0 Å². The van der Waals surface area contributed by atoms with Crippen molar-refractivity contribution in [1.29, 1.82) is 0 Å².